The first-order valence-electron chi connectivity index (χ1n) is 4.77. The van der Waals surface area contributed by atoms with Gasteiger partial charge in [-0.05, 0) is 24.8 Å². The molecular weight excluding hydrogens is 164 g/mol. The number of nitrogens with one attached hydrogen (secondary N) is 2. The molecule has 0 saturated heterocycles. The Kier molecular flexibility index (Phi) is 2.34. The van der Waals surface area contributed by atoms with Crippen LogP contribution in [0.1, 0.15) is 19.3 Å². The molecule has 1 saturated carbocycles. The molecule has 3 nitrogen and oxygen atoms in total. The van der Waals surface area contributed by atoms with E-state index in [0.717, 1.165) is 18.2 Å². The summed E-state index contributed by atoms with van der Waals surface area (Å²) in [4.78, 5) is 13.4. The van der Waals surface area contributed by atoms with Crippen LogP contribution in [0.15, 0.2) is 23.1 Å². The molecule has 0 aromatic carbocycles. The molecule has 0 radical (unpaired) electrons. The Morgan fingerprint density at radius 3 is 2.85 bits per heavy atom. The van der Waals surface area contributed by atoms with E-state index in [2.05, 4.69) is 10.3 Å². The van der Waals surface area contributed by atoms with Crippen molar-refractivity contribution in [2.45, 2.75) is 19.3 Å². The molecule has 2 N–H and O–H groups in total. The van der Waals surface area contributed by atoms with E-state index in [1.54, 1.807) is 12.3 Å². The van der Waals surface area contributed by atoms with Gasteiger partial charge in [0.1, 0.15) is 0 Å². The van der Waals surface area contributed by atoms with Crippen LogP contribution in [0, 0.1) is 5.92 Å². The normalized spacial score (nSPS) is 16.6. The highest BCUT2D eigenvalue weighted by atomic mass is 16.1. The van der Waals surface area contributed by atoms with Gasteiger partial charge in [-0.1, -0.05) is 6.42 Å². The Morgan fingerprint density at radius 1 is 1.46 bits per heavy atom. The molecule has 3 heteroatoms. The summed E-state index contributed by atoms with van der Waals surface area (Å²) in [6, 6.07) is 3.36. The number of hydrogen-bond acceptors (Lipinski definition) is 2. The van der Waals surface area contributed by atoms with Gasteiger partial charge in [-0.3, -0.25) is 4.79 Å². The minimum atomic E-state index is -0.0470. The Labute approximate surface area is 77.2 Å². The molecule has 1 aliphatic rings. The molecule has 2 rings (SSSR count). The van der Waals surface area contributed by atoms with Gasteiger partial charge in [-0.2, -0.15) is 0 Å². The molecule has 13 heavy (non-hydrogen) atoms. The number of aromatic nitrogens is 1. The van der Waals surface area contributed by atoms with Crippen LogP contribution in [0.4, 0.5) is 5.69 Å². The maximum Gasteiger partial charge on any atom is 0.248 e. The third-order valence-electron chi connectivity index (χ3n) is 2.60. The maximum absolute atomic E-state index is 10.7. The van der Waals surface area contributed by atoms with Crippen molar-refractivity contribution < 1.29 is 0 Å². The number of hydrogen-bond donors (Lipinski definition) is 2. The number of pyridine rings is 1. The summed E-state index contributed by atoms with van der Waals surface area (Å²) in [5, 5.41) is 3.30. The molecule has 1 fully saturated rings. The van der Waals surface area contributed by atoms with Crippen LogP contribution in [-0.2, 0) is 0 Å². The summed E-state index contributed by atoms with van der Waals surface area (Å²) < 4.78 is 0. The van der Waals surface area contributed by atoms with Crippen molar-refractivity contribution in [3.05, 3.63) is 28.7 Å². The lowest BCUT2D eigenvalue weighted by Gasteiger charge is -2.25. The average Bonchev–Trinajstić information content (AvgIpc) is 2.05. The lowest BCUT2D eigenvalue weighted by Crippen LogP contribution is -2.21. The van der Waals surface area contributed by atoms with Crippen molar-refractivity contribution in [3.8, 4) is 0 Å². The molecule has 1 aliphatic carbocycles. The van der Waals surface area contributed by atoms with Crippen LogP contribution in [-0.4, -0.2) is 11.5 Å². The largest absolute Gasteiger partial charge is 0.384 e. The van der Waals surface area contributed by atoms with Gasteiger partial charge >= 0.3 is 0 Å². The second-order valence-electron chi connectivity index (χ2n) is 3.62. The first-order valence-corrected chi connectivity index (χ1v) is 4.77. The third kappa shape index (κ3) is 2.11. The minimum absolute atomic E-state index is 0.0470. The first kappa shape index (κ1) is 8.35. The molecule has 0 atom stereocenters. The van der Waals surface area contributed by atoms with Gasteiger partial charge in [-0.25, -0.2) is 0 Å². The maximum atomic E-state index is 10.7. The Morgan fingerprint density at radius 2 is 2.31 bits per heavy atom. The molecule has 0 bridgehead atoms. The van der Waals surface area contributed by atoms with E-state index in [1.807, 2.05) is 6.07 Å². The summed E-state index contributed by atoms with van der Waals surface area (Å²) in [5.41, 5.74) is 0.959. The van der Waals surface area contributed by atoms with Crippen molar-refractivity contribution in [2.24, 2.45) is 5.92 Å². The first-order chi connectivity index (χ1) is 6.34. The van der Waals surface area contributed by atoms with Crippen LogP contribution in [0.2, 0.25) is 0 Å². The summed E-state index contributed by atoms with van der Waals surface area (Å²) in [7, 11) is 0. The summed E-state index contributed by atoms with van der Waals surface area (Å²) in [6.07, 6.45) is 5.78. The van der Waals surface area contributed by atoms with Gasteiger partial charge in [0.25, 0.3) is 0 Å². The highest BCUT2D eigenvalue weighted by Gasteiger charge is 2.16. The molecule has 0 amide bonds. The van der Waals surface area contributed by atoms with Gasteiger partial charge in [0.05, 0.1) is 5.69 Å². The molecule has 70 valence electrons. The van der Waals surface area contributed by atoms with E-state index >= 15 is 0 Å². The Bertz CT molecular complexity index is 307. The Hall–Kier alpha value is -1.25. The fraction of sp³-hybridized carbons (Fsp3) is 0.500. The SMILES string of the molecule is O=c1ccc(NCC2CCC2)c[nH]1. The van der Waals surface area contributed by atoms with E-state index < -0.39 is 0 Å². The summed E-state index contributed by atoms with van der Waals surface area (Å²) in [6.45, 7) is 1.03. The third-order valence-corrected chi connectivity index (χ3v) is 2.60. The smallest absolute Gasteiger partial charge is 0.248 e. The fourth-order valence-corrected chi connectivity index (χ4v) is 1.48. The van der Waals surface area contributed by atoms with Gasteiger partial charge < -0.3 is 10.3 Å². The highest BCUT2D eigenvalue weighted by Crippen LogP contribution is 2.26. The zero-order valence-corrected chi connectivity index (χ0v) is 7.55. The molecule has 0 aliphatic heterocycles. The topological polar surface area (TPSA) is 44.9 Å². The van der Waals surface area contributed by atoms with Crippen molar-refractivity contribution >= 4 is 5.69 Å². The van der Waals surface area contributed by atoms with E-state index in [9.17, 15) is 4.79 Å². The number of H-pyrrole nitrogens is 1. The van der Waals surface area contributed by atoms with Crippen molar-refractivity contribution in [3.63, 3.8) is 0 Å². The fourth-order valence-electron chi connectivity index (χ4n) is 1.48. The molecule has 1 aromatic heterocycles. The van der Waals surface area contributed by atoms with Gasteiger partial charge in [0, 0.05) is 18.8 Å². The zero-order valence-electron chi connectivity index (χ0n) is 7.55. The monoisotopic (exact) mass is 178 g/mol. The van der Waals surface area contributed by atoms with E-state index in [4.69, 9.17) is 0 Å². The second kappa shape index (κ2) is 3.64. The molecule has 0 unspecified atom stereocenters. The van der Waals surface area contributed by atoms with E-state index in [-0.39, 0.29) is 5.56 Å². The standard InChI is InChI=1S/C10H14N2O/c13-10-5-4-9(7-12-10)11-6-8-2-1-3-8/h4-5,7-8,11H,1-3,6H2,(H,12,13). The van der Waals surface area contributed by atoms with Crippen LogP contribution < -0.4 is 10.9 Å². The summed E-state index contributed by atoms with van der Waals surface area (Å²) in [5.74, 6) is 0.840. The highest BCUT2D eigenvalue weighted by molar-refractivity contribution is 5.39. The predicted molar refractivity (Wildman–Crippen MR) is 52.9 cm³/mol. The zero-order chi connectivity index (χ0) is 9.10. The average molecular weight is 178 g/mol. The number of rotatable bonds is 3. The van der Waals surface area contributed by atoms with Crippen LogP contribution in [0.5, 0.6) is 0 Å². The summed E-state index contributed by atoms with van der Waals surface area (Å²) >= 11 is 0. The van der Waals surface area contributed by atoms with Crippen molar-refractivity contribution in [1.82, 2.24) is 4.98 Å². The lowest BCUT2D eigenvalue weighted by molar-refractivity contribution is 0.333. The van der Waals surface area contributed by atoms with Gasteiger partial charge in [0.2, 0.25) is 5.56 Å². The molecular formula is C10H14N2O. The van der Waals surface area contributed by atoms with Crippen LogP contribution in [0.3, 0.4) is 0 Å². The second-order valence-corrected chi connectivity index (χ2v) is 3.62. The van der Waals surface area contributed by atoms with E-state index in [1.165, 1.54) is 19.3 Å². The van der Waals surface area contributed by atoms with Crippen molar-refractivity contribution in [1.29, 1.82) is 0 Å². The molecule has 1 heterocycles. The minimum Gasteiger partial charge on any atom is -0.384 e. The van der Waals surface area contributed by atoms with Crippen molar-refractivity contribution in [2.75, 3.05) is 11.9 Å². The van der Waals surface area contributed by atoms with Gasteiger partial charge in [0.15, 0.2) is 0 Å². The number of aromatic amines is 1. The predicted octanol–water partition coefficient (Wildman–Crippen LogP) is 1.59. The van der Waals surface area contributed by atoms with E-state index in [0.29, 0.717) is 0 Å². The lowest BCUT2D eigenvalue weighted by atomic mass is 9.85. The Balaban J connectivity index is 1.86. The van der Waals surface area contributed by atoms with Gasteiger partial charge in [-0.15, -0.1) is 0 Å². The molecule has 0 spiro atoms. The quantitative estimate of drug-likeness (QED) is 0.738. The molecule has 1 aromatic rings. The van der Waals surface area contributed by atoms with Crippen LogP contribution >= 0.6 is 0 Å². The number of anilines is 1. The van der Waals surface area contributed by atoms with Crippen LogP contribution in [0.25, 0.3) is 0 Å².